The lowest BCUT2D eigenvalue weighted by atomic mass is 9.88. The summed E-state index contributed by atoms with van der Waals surface area (Å²) in [5.41, 5.74) is 0.361. The van der Waals surface area contributed by atoms with Gasteiger partial charge in [-0.15, -0.1) is 0 Å². The molecule has 1 aromatic heterocycles. The predicted molar refractivity (Wildman–Crippen MR) is 160 cm³/mol. The van der Waals surface area contributed by atoms with Gasteiger partial charge in [-0.2, -0.15) is 4.31 Å². The summed E-state index contributed by atoms with van der Waals surface area (Å²) in [7, 11) is -7.06. The Hall–Kier alpha value is -2.61. The van der Waals surface area contributed by atoms with E-state index in [0.29, 0.717) is 38.3 Å². The maximum atomic E-state index is 13.3. The molecule has 2 atom stereocenters. The second kappa shape index (κ2) is 12.6. The third kappa shape index (κ3) is 7.12. The maximum absolute atomic E-state index is 13.3. The lowest BCUT2D eigenvalue weighted by Gasteiger charge is -2.38. The first-order chi connectivity index (χ1) is 20.0. The molecule has 2 N–H and O–H groups in total. The van der Waals surface area contributed by atoms with E-state index in [1.807, 2.05) is 38.1 Å². The number of aliphatic hydroxyl groups excluding tert-OH is 1. The van der Waals surface area contributed by atoms with Gasteiger partial charge in [-0.05, 0) is 55.5 Å². The van der Waals surface area contributed by atoms with Crippen LogP contribution >= 0.6 is 0 Å². The van der Waals surface area contributed by atoms with Crippen molar-refractivity contribution >= 4 is 30.8 Å². The zero-order valence-electron chi connectivity index (χ0n) is 24.0. The minimum Gasteiger partial charge on any atom is -0.491 e. The number of piperidine rings is 1. The van der Waals surface area contributed by atoms with Gasteiger partial charge in [-0.3, -0.25) is 4.98 Å². The highest BCUT2D eigenvalue weighted by Crippen LogP contribution is 2.37. The molecular formula is C30H39N3O7S2. The summed E-state index contributed by atoms with van der Waals surface area (Å²) >= 11 is 0. The number of pyridine rings is 1. The molecule has 2 aliphatic rings. The van der Waals surface area contributed by atoms with Crippen molar-refractivity contribution in [1.29, 1.82) is 0 Å². The van der Waals surface area contributed by atoms with Crippen molar-refractivity contribution in [3.05, 3.63) is 60.8 Å². The van der Waals surface area contributed by atoms with Crippen LogP contribution in [0.1, 0.15) is 33.1 Å². The van der Waals surface area contributed by atoms with E-state index in [4.69, 9.17) is 9.47 Å². The normalized spacial score (nSPS) is 20.3. The first kappa shape index (κ1) is 30.8. The number of ether oxygens (including phenoxy) is 2. The molecule has 3 aromatic rings. The molecule has 1 spiro atoms. The van der Waals surface area contributed by atoms with Crippen LogP contribution in [0.25, 0.3) is 10.9 Å². The number of sulfonamides is 1. The monoisotopic (exact) mass is 617 g/mol. The molecule has 0 saturated carbocycles. The zero-order chi connectivity index (χ0) is 30.0. The zero-order valence-corrected chi connectivity index (χ0v) is 25.6. The van der Waals surface area contributed by atoms with Crippen molar-refractivity contribution in [2.75, 3.05) is 38.6 Å². The van der Waals surface area contributed by atoms with Crippen LogP contribution in [0.2, 0.25) is 0 Å². The molecule has 2 fully saturated rings. The van der Waals surface area contributed by atoms with Gasteiger partial charge >= 0.3 is 0 Å². The topological polar surface area (TPSA) is 135 Å². The van der Waals surface area contributed by atoms with E-state index in [1.54, 1.807) is 24.3 Å². The number of para-hydroxylation sites is 1. The van der Waals surface area contributed by atoms with Crippen LogP contribution in [0, 0.1) is 5.92 Å². The van der Waals surface area contributed by atoms with E-state index in [-0.39, 0.29) is 40.7 Å². The Morgan fingerprint density at radius 3 is 2.60 bits per heavy atom. The summed E-state index contributed by atoms with van der Waals surface area (Å²) in [6.45, 7) is 5.22. The molecule has 10 nitrogen and oxygen atoms in total. The quantitative estimate of drug-likeness (QED) is 0.333. The van der Waals surface area contributed by atoms with Gasteiger partial charge in [0.2, 0.25) is 10.0 Å². The Morgan fingerprint density at radius 2 is 1.83 bits per heavy atom. The van der Waals surface area contributed by atoms with E-state index in [2.05, 4.69) is 10.3 Å². The minimum atomic E-state index is -3.66. The van der Waals surface area contributed by atoms with Gasteiger partial charge in [0.1, 0.15) is 23.4 Å². The van der Waals surface area contributed by atoms with Crippen molar-refractivity contribution in [2.45, 2.75) is 60.6 Å². The van der Waals surface area contributed by atoms with Crippen LogP contribution in [-0.4, -0.2) is 87.6 Å². The fourth-order valence-corrected chi connectivity index (χ4v) is 8.72. The number of hydrogen-bond acceptors (Lipinski definition) is 9. The third-order valence-corrected chi connectivity index (χ3v) is 11.8. The number of sulfone groups is 1. The van der Waals surface area contributed by atoms with Crippen molar-refractivity contribution in [3.8, 4) is 5.75 Å². The molecule has 2 unspecified atom stereocenters. The second-order valence-electron chi connectivity index (χ2n) is 11.7. The number of fused-ring (bicyclic) bond motifs is 1. The average Bonchev–Trinajstić information content (AvgIpc) is 3.36. The maximum Gasteiger partial charge on any atom is 0.244 e. The second-order valence-corrected chi connectivity index (χ2v) is 15.7. The summed E-state index contributed by atoms with van der Waals surface area (Å²) in [6.07, 6.45) is 2.52. The van der Waals surface area contributed by atoms with Gasteiger partial charge in [0, 0.05) is 37.3 Å². The predicted octanol–water partition coefficient (Wildman–Crippen LogP) is 3.01. The van der Waals surface area contributed by atoms with Gasteiger partial charge in [0.05, 0.1) is 28.4 Å². The van der Waals surface area contributed by atoms with E-state index in [0.717, 1.165) is 17.3 Å². The lowest BCUT2D eigenvalue weighted by Crippen LogP contribution is -2.47. The highest BCUT2D eigenvalue weighted by atomic mass is 32.2. The first-order valence-electron chi connectivity index (χ1n) is 14.3. The number of hydrogen-bond donors (Lipinski definition) is 2. The van der Waals surface area contributed by atoms with Gasteiger partial charge in [0.25, 0.3) is 0 Å². The largest absolute Gasteiger partial charge is 0.491 e. The summed E-state index contributed by atoms with van der Waals surface area (Å²) in [5, 5.41) is 14.6. The molecule has 0 radical (unpaired) electrons. The SMILES string of the molecule is CC(C)CS(=O)(=O)c1cccc(OCC(O)CNC2COC3(CCN(S(=O)(=O)c4cnc5ccccc5c4)CC3)C2)c1. The van der Waals surface area contributed by atoms with E-state index in [1.165, 1.54) is 16.6 Å². The molecular weight excluding hydrogens is 578 g/mol. The third-order valence-electron chi connectivity index (χ3n) is 7.85. The molecule has 5 rings (SSSR count). The molecule has 228 valence electrons. The summed E-state index contributed by atoms with van der Waals surface area (Å²) in [5.74, 6) is 0.465. The Bertz CT molecular complexity index is 1600. The highest BCUT2D eigenvalue weighted by molar-refractivity contribution is 7.91. The Kier molecular flexibility index (Phi) is 9.22. The molecule has 0 amide bonds. The number of aromatic nitrogens is 1. The number of aliphatic hydroxyl groups is 1. The Morgan fingerprint density at radius 1 is 1.07 bits per heavy atom. The molecule has 3 heterocycles. The summed E-state index contributed by atoms with van der Waals surface area (Å²) in [6, 6.07) is 15.5. The number of nitrogens with zero attached hydrogens (tertiary/aromatic N) is 2. The van der Waals surface area contributed by atoms with Crippen molar-refractivity contribution in [2.24, 2.45) is 5.92 Å². The standard InChI is InChI=1S/C30H39N3O7S2/c1-22(2)21-41(35,36)27-8-5-7-26(15-27)39-20-25(34)17-31-24-16-30(40-19-24)10-12-33(13-11-30)42(37,38)28-14-23-6-3-4-9-29(23)32-18-28/h3-9,14-15,18,22,24-25,31,34H,10-13,16-17,19-21H2,1-2H3. The Labute approximate surface area is 248 Å². The lowest BCUT2D eigenvalue weighted by molar-refractivity contribution is -0.0312. The van der Waals surface area contributed by atoms with Gasteiger partial charge in [-0.25, -0.2) is 16.8 Å². The molecule has 2 aromatic carbocycles. The highest BCUT2D eigenvalue weighted by Gasteiger charge is 2.44. The van der Waals surface area contributed by atoms with Crippen molar-refractivity contribution in [3.63, 3.8) is 0 Å². The van der Waals surface area contributed by atoms with Crippen molar-refractivity contribution < 1.29 is 31.4 Å². The van der Waals surface area contributed by atoms with E-state index in [9.17, 15) is 21.9 Å². The Balaban J connectivity index is 1.08. The van der Waals surface area contributed by atoms with Crippen LogP contribution in [0.3, 0.4) is 0 Å². The van der Waals surface area contributed by atoms with Crippen LogP contribution < -0.4 is 10.1 Å². The molecule has 42 heavy (non-hydrogen) atoms. The van der Waals surface area contributed by atoms with Gasteiger partial charge < -0.3 is 19.9 Å². The molecule has 2 aliphatic heterocycles. The van der Waals surface area contributed by atoms with Crippen LogP contribution in [0.5, 0.6) is 5.75 Å². The fraction of sp³-hybridized carbons (Fsp3) is 0.500. The minimum absolute atomic E-state index is 0.00977. The van der Waals surface area contributed by atoms with E-state index >= 15 is 0 Å². The first-order valence-corrected chi connectivity index (χ1v) is 17.4. The summed E-state index contributed by atoms with van der Waals surface area (Å²) < 4.78 is 65.1. The van der Waals surface area contributed by atoms with Crippen LogP contribution in [0.15, 0.2) is 70.6 Å². The molecule has 0 bridgehead atoms. The van der Waals surface area contributed by atoms with Gasteiger partial charge in [0.15, 0.2) is 9.84 Å². The smallest absolute Gasteiger partial charge is 0.244 e. The molecule has 0 aliphatic carbocycles. The van der Waals surface area contributed by atoms with Gasteiger partial charge in [-0.1, -0.05) is 38.1 Å². The van der Waals surface area contributed by atoms with Crippen LogP contribution in [-0.2, 0) is 24.6 Å². The fourth-order valence-electron chi connectivity index (χ4n) is 5.65. The molecule has 12 heteroatoms. The van der Waals surface area contributed by atoms with Crippen LogP contribution in [0.4, 0.5) is 0 Å². The van der Waals surface area contributed by atoms with E-state index < -0.39 is 31.6 Å². The summed E-state index contributed by atoms with van der Waals surface area (Å²) in [4.78, 5) is 4.73. The average molecular weight is 618 g/mol. The number of rotatable bonds is 11. The van der Waals surface area contributed by atoms with Crippen molar-refractivity contribution in [1.82, 2.24) is 14.6 Å². The number of benzene rings is 2. The molecule has 2 saturated heterocycles. The number of nitrogens with one attached hydrogen (secondary N) is 1.